The lowest BCUT2D eigenvalue weighted by Gasteiger charge is -2.17. The number of nitrogens with zero attached hydrogens (tertiary/aromatic N) is 1. The van der Waals surface area contributed by atoms with E-state index in [-0.39, 0.29) is 18.3 Å². The number of hydrogen-bond acceptors (Lipinski definition) is 3. The minimum absolute atomic E-state index is 0.0323. The third kappa shape index (κ3) is 4.56. The van der Waals surface area contributed by atoms with Crippen LogP contribution in [0, 0.1) is 12.7 Å². The molecule has 3 nitrogen and oxygen atoms in total. The van der Waals surface area contributed by atoms with Crippen molar-refractivity contribution in [2.24, 2.45) is 0 Å². The molecule has 5 heteroatoms. The van der Waals surface area contributed by atoms with Gasteiger partial charge in [0, 0.05) is 11.9 Å². The second-order valence-corrected chi connectivity index (χ2v) is 5.83. The zero-order valence-electron chi connectivity index (χ0n) is 12.1. The third-order valence-electron chi connectivity index (χ3n) is 3.17. The molecule has 0 aliphatic heterocycles. The molecule has 0 radical (unpaired) electrons. The van der Waals surface area contributed by atoms with E-state index >= 15 is 0 Å². The maximum Gasteiger partial charge on any atom is 0.226 e. The van der Waals surface area contributed by atoms with E-state index in [1.54, 1.807) is 35.4 Å². The number of carbonyl (C=O) groups excluding carboxylic acids is 1. The van der Waals surface area contributed by atoms with Crippen LogP contribution in [0.1, 0.15) is 16.9 Å². The average Bonchev–Trinajstić information content (AvgIpc) is 2.86. The molecule has 2 aromatic rings. The van der Waals surface area contributed by atoms with Crippen LogP contribution in [-0.4, -0.2) is 24.5 Å². The summed E-state index contributed by atoms with van der Waals surface area (Å²) in [4.78, 5) is 14.9. The van der Waals surface area contributed by atoms with E-state index in [0.29, 0.717) is 18.7 Å². The minimum Gasteiger partial charge on any atom is -0.493 e. The van der Waals surface area contributed by atoms with Crippen molar-refractivity contribution in [2.75, 3.05) is 13.7 Å². The number of ether oxygens (including phenoxy) is 1. The molecule has 0 N–H and O–H groups in total. The van der Waals surface area contributed by atoms with Crippen molar-refractivity contribution in [3.05, 3.63) is 52.0 Å². The van der Waals surface area contributed by atoms with Gasteiger partial charge in [0.05, 0.1) is 19.6 Å². The molecule has 112 valence electrons. The number of benzene rings is 1. The minimum atomic E-state index is -0.301. The second kappa shape index (κ2) is 7.22. The highest BCUT2D eigenvalue weighted by atomic mass is 32.1. The number of amides is 1. The first-order valence-electron chi connectivity index (χ1n) is 6.71. The van der Waals surface area contributed by atoms with Crippen LogP contribution < -0.4 is 4.74 Å². The Morgan fingerprint density at radius 2 is 2.00 bits per heavy atom. The zero-order chi connectivity index (χ0) is 15.2. The van der Waals surface area contributed by atoms with E-state index in [2.05, 4.69) is 6.07 Å². The molecular formula is C16H18FNO2S. The SMILES string of the molecule is Cc1ccsc1CN(C)C(=O)CCOc1ccc(F)cc1. The standard InChI is InChI=1S/C16H18FNO2S/c1-12-8-10-21-15(12)11-18(2)16(19)7-9-20-14-5-3-13(17)4-6-14/h3-6,8,10H,7,9,11H2,1-2H3. The van der Waals surface area contributed by atoms with Crippen LogP contribution in [0.5, 0.6) is 5.75 Å². The van der Waals surface area contributed by atoms with E-state index in [1.165, 1.54) is 22.6 Å². The van der Waals surface area contributed by atoms with Crippen molar-refractivity contribution in [1.82, 2.24) is 4.90 Å². The van der Waals surface area contributed by atoms with Crippen molar-refractivity contribution >= 4 is 17.2 Å². The lowest BCUT2D eigenvalue weighted by atomic mass is 10.2. The lowest BCUT2D eigenvalue weighted by molar-refractivity contribution is -0.130. The maximum atomic E-state index is 12.7. The van der Waals surface area contributed by atoms with Gasteiger partial charge in [-0.05, 0) is 48.2 Å². The van der Waals surface area contributed by atoms with Crippen LogP contribution >= 0.6 is 11.3 Å². The summed E-state index contributed by atoms with van der Waals surface area (Å²) in [6.07, 6.45) is 0.304. The summed E-state index contributed by atoms with van der Waals surface area (Å²) in [6, 6.07) is 7.83. The van der Waals surface area contributed by atoms with Gasteiger partial charge in [0.15, 0.2) is 0 Å². The average molecular weight is 307 g/mol. The predicted octanol–water partition coefficient (Wildman–Crippen LogP) is 3.62. The van der Waals surface area contributed by atoms with Crippen molar-refractivity contribution in [2.45, 2.75) is 19.9 Å². The Balaban J connectivity index is 1.76. The number of rotatable bonds is 6. The predicted molar refractivity (Wildman–Crippen MR) is 82.0 cm³/mol. The van der Waals surface area contributed by atoms with Gasteiger partial charge in [0.2, 0.25) is 5.91 Å². The first-order chi connectivity index (χ1) is 10.1. The van der Waals surface area contributed by atoms with Crippen LogP contribution in [0.2, 0.25) is 0 Å². The number of hydrogen-bond donors (Lipinski definition) is 0. The maximum absolute atomic E-state index is 12.7. The summed E-state index contributed by atoms with van der Waals surface area (Å²) in [5.41, 5.74) is 1.21. The third-order valence-corrected chi connectivity index (χ3v) is 4.18. The van der Waals surface area contributed by atoms with Crippen LogP contribution in [0.15, 0.2) is 35.7 Å². The molecular weight excluding hydrogens is 289 g/mol. The van der Waals surface area contributed by atoms with Gasteiger partial charge in [-0.1, -0.05) is 0 Å². The summed E-state index contributed by atoms with van der Waals surface area (Å²) in [5, 5.41) is 2.03. The van der Waals surface area contributed by atoms with E-state index in [4.69, 9.17) is 4.74 Å². The van der Waals surface area contributed by atoms with Crippen LogP contribution in [-0.2, 0) is 11.3 Å². The fourth-order valence-electron chi connectivity index (χ4n) is 1.85. The summed E-state index contributed by atoms with van der Waals surface area (Å²) < 4.78 is 18.2. The van der Waals surface area contributed by atoms with E-state index in [1.807, 2.05) is 12.3 Å². The molecule has 1 aromatic heterocycles. The Bertz CT molecular complexity index is 595. The molecule has 21 heavy (non-hydrogen) atoms. The van der Waals surface area contributed by atoms with Crippen molar-refractivity contribution in [1.29, 1.82) is 0 Å². The van der Waals surface area contributed by atoms with E-state index in [9.17, 15) is 9.18 Å². The zero-order valence-corrected chi connectivity index (χ0v) is 13.0. The molecule has 0 aliphatic rings. The molecule has 0 saturated heterocycles. The van der Waals surface area contributed by atoms with Gasteiger partial charge in [-0.3, -0.25) is 4.79 Å². The van der Waals surface area contributed by atoms with E-state index in [0.717, 1.165) is 0 Å². The van der Waals surface area contributed by atoms with Crippen LogP contribution in [0.4, 0.5) is 4.39 Å². The van der Waals surface area contributed by atoms with Gasteiger partial charge in [0.25, 0.3) is 0 Å². The first kappa shape index (κ1) is 15.5. The van der Waals surface area contributed by atoms with Crippen LogP contribution in [0.25, 0.3) is 0 Å². The summed E-state index contributed by atoms with van der Waals surface area (Å²) in [6.45, 7) is 2.96. The topological polar surface area (TPSA) is 29.5 Å². The van der Waals surface area contributed by atoms with Gasteiger partial charge in [0.1, 0.15) is 11.6 Å². The van der Waals surface area contributed by atoms with E-state index < -0.39 is 0 Å². The highest BCUT2D eigenvalue weighted by Crippen LogP contribution is 2.17. The molecule has 0 atom stereocenters. The van der Waals surface area contributed by atoms with Crippen LogP contribution in [0.3, 0.4) is 0 Å². The quantitative estimate of drug-likeness (QED) is 0.815. The van der Waals surface area contributed by atoms with Gasteiger partial charge < -0.3 is 9.64 Å². The fraction of sp³-hybridized carbons (Fsp3) is 0.312. The summed E-state index contributed by atoms with van der Waals surface area (Å²) >= 11 is 1.66. The van der Waals surface area contributed by atoms with Gasteiger partial charge in [-0.15, -0.1) is 11.3 Å². The first-order valence-corrected chi connectivity index (χ1v) is 7.59. The Kier molecular flexibility index (Phi) is 5.33. The van der Waals surface area contributed by atoms with Gasteiger partial charge in [-0.2, -0.15) is 0 Å². The van der Waals surface area contributed by atoms with Crippen molar-refractivity contribution in [3.8, 4) is 5.75 Å². The number of carbonyl (C=O) groups is 1. The fourth-order valence-corrected chi connectivity index (χ4v) is 2.81. The summed E-state index contributed by atoms with van der Waals surface area (Å²) in [5.74, 6) is 0.301. The molecule has 0 bridgehead atoms. The molecule has 0 spiro atoms. The van der Waals surface area contributed by atoms with Gasteiger partial charge >= 0.3 is 0 Å². The smallest absolute Gasteiger partial charge is 0.226 e. The monoisotopic (exact) mass is 307 g/mol. The Hall–Kier alpha value is -1.88. The lowest BCUT2D eigenvalue weighted by Crippen LogP contribution is -2.27. The number of halogens is 1. The highest BCUT2D eigenvalue weighted by Gasteiger charge is 2.11. The molecule has 1 heterocycles. The summed E-state index contributed by atoms with van der Waals surface area (Å²) in [7, 11) is 1.79. The highest BCUT2D eigenvalue weighted by molar-refractivity contribution is 7.10. The second-order valence-electron chi connectivity index (χ2n) is 4.83. The Labute approximate surface area is 128 Å². The van der Waals surface area contributed by atoms with Crippen molar-refractivity contribution in [3.63, 3.8) is 0 Å². The molecule has 1 aromatic carbocycles. The Morgan fingerprint density at radius 3 is 2.62 bits per heavy atom. The molecule has 1 amide bonds. The Morgan fingerprint density at radius 1 is 1.29 bits per heavy atom. The van der Waals surface area contributed by atoms with Crippen molar-refractivity contribution < 1.29 is 13.9 Å². The molecule has 0 unspecified atom stereocenters. The normalized spacial score (nSPS) is 10.4. The molecule has 0 saturated carbocycles. The molecule has 2 rings (SSSR count). The number of aryl methyl sites for hydroxylation is 1. The van der Waals surface area contributed by atoms with Gasteiger partial charge in [-0.25, -0.2) is 4.39 Å². The number of thiophene rings is 1. The largest absolute Gasteiger partial charge is 0.493 e. The molecule has 0 aliphatic carbocycles. The molecule has 0 fully saturated rings.